The molecule has 0 heterocycles. The van der Waals surface area contributed by atoms with Crippen LogP contribution in [-0.4, -0.2) is 19.3 Å². The molecule has 0 saturated heterocycles. The van der Waals surface area contributed by atoms with Gasteiger partial charge in [-0.3, -0.25) is 0 Å². The van der Waals surface area contributed by atoms with Crippen LogP contribution in [-0.2, 0) is 16.6 Å². The number of rotatable bonds is 4. The van der Waals surface area contributed by atoms with E-state index in [1.54, 1.807) is 25.1 Å². The van der Waals surface area contributed by atoms with Gasteiger partial charge in [-0.1, -0.05) is 19.1 Å². The predicted octanol–water partition coefficient (Wildman–Crippen LogP) is 1.87. The smallest absolute Gasteiger partial charge is 0.302 e. The molecule has 0 amide bonds. The van der Waals surface area contributed by atoms with E-state index in [2.05, 4.69) is 0 Å². The van der Waals surface area contributed by atoms with E-state index in [-0.39, 0.29) is 11.7 Å². The summed E-state index contributed by atoms with van der Waals surface area (Å²) in [7, 11) is -4.42. The highest BCUT2D eigenvalue weighted by molar-refractivity contribution is 7.86. The van der Waals surface area contributed by atoms with E-state index in [1.165, 1.54) is 6.07 Å². The minimum absolute atomic E-state index is 0.128. The topological polar surface area (TPSA) is 54.4 Å². The molecule has 84 valence electrons. The summed E-state index contributed by atoms with van der Waals surface area (Å²) in [6.07, 6.45) is 0.428. The van der Waals surface area contributed by atoms with Gasteiger partial charge in [0.15, 0.2) is 0 Å². The number of phenolic OH excluding ortho intramolecular Hbond substituents is 1. The normalized spacial score (nSPS) is 13.7. The van der Waals surface area contributed by atoms with Crippen LogP contribution in [0, 0.1) is 5.92 Å². The molecule has 1 aromatic rings. The van der Waals surface area contributed by atoms with Gasteiger partial charge in [-0.2, -0.15) is 8.42 Å². The Morgan fingerprint density at radius 2 is 2.13 bits per heavy atom. The van der Waals surface area contributed by atoms with Gasteiger partial charge in [-0.15, -0.1) is 3.89 Å². The Morgan fingerprint density at radius 3 is 2.67 bits per heavy atom. The summed E-state index contributed by atoms with van der Waals surface area (Å²) >= 11 is 0. The lowest BCUT2D eigenvalue weighted by atomic mass is 10.0. The molecule has 0 aliphatic heterocycles. The minimum atomic E-state index is -4.42. The molecule has 0 aliphatic carbocycles. The van der Waals surface area contributed by atoms with Crippen molar-refractivity contribution in [3.05, 3.63) is 29.8 Å². The van der Waals surface area contributed by atoms with Gasteiger partial charge in [-0.05, 0) is 30.0 Å². The first kappa shape index (κ1) is 12.0. The van der Waals surface area contributed by atoms with Gasteiger partial charge in [0.2, 0.25) is 0 Å². The van der Waals surface area contributed by atoms with Gasteiger partial charge < -0.3 is 5.11 Å². The van der Waals surface area contributed by atoms with Crippen LogP contribution in [0.3, 0.4) is 0 Å². The SMILES string of the molecule is CC(Cc1cccc(O)c1)CS(=O)(=O)F. The maximum atomic E-state index is 12.3. The maximum absolute atomic E-state index is 12.3. The van der Waals surface area contributed by atoms with Gasteiger partial charge in [0, 0.05) is 0 Å². The number of phenols is 1. The summed E-state index contributed by atoms with van der Waals surface area (Å²) in [5.74, 6) is -0.660. The molecule has 15 heavy (non-hydrogen) atoms. The standard InChI is InChI=1S/C10H13FO3S/c1-8(7-15(11,13)14)5-9-3-2-4-10(12)6-9/h2-4,6,8,12H,5,7H2,1H3. The average Bonchev–Trinajstić information content (AvgIpc) is 1.99. The molecule has 3 nitrogen and oxygen atoms in total. The van der Waals surface area contributed by atoms with Crippen molar-refractivity contribution in [2.75, 3.05) is 5.75 Å². The quantitative estimate of drug-likeness (QED) is 0.806. The van der Waals surface area contributed by atoms with Crippen molar-refractivity contribution in [1.82, 2.24) is 0 Å². The third-order valence-electron chi connectivity index (χ3n) is 1.98. The molecule has 5 heteroatoms. The van der Waals surface area contributed by atoms with Gasteiger partial charge in [0.1, 0.15) is 5.75 Å². The van der Waals surface area contributed by atoms with Crippen LogP contribution in [0.15, 0.2) is 24.3 Å². The molecular weight excluding hydrogens is 219 g/mol. The van der Waals surface area contributed by atoms with E-state index in [9.17, 15) is 12.3 Å². The van der Waals surface area contributed by atoms with E-state index >= 15 is 0 Å². The second kappa shape index (κ2) is 4.61. The van der Waals surface area contributed by atoms with Gasteiger partial charge >= 0.3 is 10.2 Å². The van der Waals surface area contributed by atoms with Crippen molar-refractivity contribution in [3.63, 3.8) is 0 Å². The highest BCUT2D eigenvalue weighted by atomic mass is 32.3. The molecule has 1 rings (SSSR count). The zero-order chi connectivity index (χ0) is 11.5. The predicted molar refractivity (Wildman–Crippen MR) is 55.9 cm³/mol. The Bertz CT molecular complexity index is 428. The lowest BCUT2D eigenvalue weighted by Crippen LogP contribution is -2.11. The molecule has 0 radical (unpaired) electrons. The number of halogens is 1. The Labute approximate surface area is 88.8 Å². The lowest BCUT2D eigenvalue weighted by Gasteiger charge is -2.08. The number of hydrogen-bond donors (Lipinski definition) is 1. The number of aromatic hydroxyl groups is 1. The fourth-order valence-corrected chi connectivity index (χ4v) is 2.28. The highest BCUT2D eigenvalue weighted by Gasteiger charge is 2.14. The van der Waals surface area contributed by atoms with Crippen molar-refractivity contribution in [3.8, 4) is 5.75 Å². The average molecular weight is 232 g/mol. The van der Waals surface area contributed by atoms with Crippen LogP contribution in [0.5, 0.6) is 5.75 Å². The number of benzene rings is 1. The minimum Gasteiger partial charge on any atom is -0.508 e. The third kappa shape index (κ3) is 4.78. The Balaban J connectivity index is 2.63. The molecule has 0 spiro atoms. The van der Waals surface area contributed by atoms with Crippen LogP contribution >= 0.6 is 0 Å². The first-order chi connectivity index (χ1) is 6.87. The van der Waals surface area contributed by atoms with Gasteiger partial charge in [0.25, 0.3) is 0 Å². The molecule has 1 unspecified atom stereocenters. The zero-order valence-corrected chi connectivity index (χ0v) is 9.17. The van der Waals surface area contributed by atoms with E-state index in [1.807, 2.05) is 0 Å². The third-order valence-corrected chi connectivity index (χ3v) is 2.95. The summed E-state index contributed by atoms with van der Waals surface area (Å²) in [4.78, 5) is 0. The van der Waals surface area contributed by atoms with Crippen molar-refractivity contribution in [1.29, 1.82) is 0 Å². The van der Waals surface area contributed by atoms with Gasteiger partial charge in [-0.25, -0.2) is 0 Å². The van der Waals surface area contributed by atoms with Crippen LogP contribution in [0.4, 0.5) is 3.89 Å². The van der Waals surface area contributed by atoms with Crippen molar-refractivity contribution >= 4 is 10.2 Å². The zero-order valence-electron chi connectivity index (χ0n) is 8.35. The summed E-state index contributed by atoms with van der Waals surface area (Å²) in [6, 6.07) is 6.50. The largest absolute Gasteiger partial charge is 0.508 e. The summed E-state index contributed by atoms with van der Waals surface area (Å²) in [5, 5.41) is 9.17. The Kier molecular flexibility index (Phi) is 3.68. The van der Waals surface area contributed by atoms with Crippen LogP contribution in [0.1, 0.15) is 12.5 Å². The van der Waals surface area contributed by atoms with E-state index in [0.717, 1.165) is 5.56 Å². The van der Waals surface area contributed by atoms with Crippen molar-refractivity contribution < 1.29 is 17.4 Å². The van der Waals surface area contributed by atoms with Crippen molar-refractivity contribution in [2.24, 2.45) is 5.92 Å². The lowest BCUT2D eigenvalue weighted by molar-refractivity contribution is 0.474. The summed E-state index contributed by atoms with van der Waals surface area (Å²) in [5.41, 5.74) is 0.797. The van der Waals surface area contributed by atoms with Crippen LogP contribution in [0.25, 0.3) is 0 Å². The second-order valence-electron chi connectivity index (χ2n) is 3.68. The molecule has 0 fully saturated rings. The van der Waals surface area contributed by atoms with Gasteiger partial charge in [0.05, 0.1) is 5.75 Å². The second-order valence-corrected chi connectivity index (χ2v) is 5.10. The molecule has 1 aromatic carbocycles. The molecule has 0 bridgehead atoms. The fourth-order valence-electron chi connectivity index (χ4n) is 1.48. The molecule has 0 aliphatic rings. The van der Waals surface area contributed by atoms with E-state index in [4.69, 9.17) is 5.11 Å². The summed E-state index contributed by atoms with van der Waals surface area (Å²) in [6.45, 7) is 1.65. The number of hydrogen-bond acceptors (Lipinski definition) is 3. The first-order valence-electron chi connectivity index (χ1n) is 4.57. The molecular formula is C10H13FO3S. The molecule has 0 saturated carbocycles. The Hall–Kier alpha value is -1.10. The molecule has 1 atom stereocenters. The maximum Gasteiger partial charge on any atom is 0.302 e. The van der Waals surface area contributed by atoms with E-state index in [0.29, 0.717) is 6.42 Å². The van der Waals surface area contributed by atoms with Crippen molar-refractivity contribution in [2.45, 2.75) is 13.3 Å². The Morgan fingerprint density at radius 1 is 1.47 bits per heavy atom. The van der Waals surface area contributed by atoms with E-state index < -0.39 is 16.0 Å². The summed E-state index contributed by atoms with van der Waals surface area (Å²) < 4.78 is 33.1. The monoisotopic (exact) mass is 232 g/mol. The molecule has 1 N–H and O–H groups in total. The highest BCUT2D eigenvalue weighted by Crippen LogP contribution is 2.16. The first-order valence-corrected chi connectivity index (χ1v) is 6.12. The fraction of sp³-hybridized carbons (Fsp3) is 0.400. The van der Waals surface area contributed by atoms with Crippen LogP contribution < -0.4 is 0 Å². The van der Waals surface area contributed by atoms with Crippen LogP contribution in [0.2, 0.25) is 0 Å². The molecule has 0 aromatic heterocycles.